The van der Waals surface area contributed by atoms with E-state index in [-0.39, 0.29) is 16.4 Å². The fourth-order valence-electron chi connectivity index (χ4n) is 4.22. The van der Waals surface area contributed by atoms with Crippen LogP contribution in [0, 0.1) is 0 Å². The highest BCUT2D eigenvalue weighted by molar-refractivity contribution is 7.89. The first-order valence-corrected chi connectivity index (χ1v) is 12.8. The Morgan fingerprint density at radius 2 is 1.70 bits per heavy atom. The Morgan fingerprint density at radius 3 is 2.36 bits per heavy atom. The van der Waals surface area contributed by atoms with E-state index in [0.717, 1.165) is 18.7 Å². The van der Waals surface area contributed by atoms with Crippen molar-refractivity contribution in [2.24, 2.45) is 0 Å². The molecule has 0 aliphatic carbocycles. The molecule has 2 heterocycles. The monoisotopic (exact) mass is 473 g/mol. The summed E-state index contributed by atoms with van der Waals surface area (Å²) in [5, 5.41) is 2.89. The number of anilines is 1. The zero-order chi connectivity index (χ0) is 23.3. The van der Waals surface area contributed by atoms with Crippen LogP contribution in [0.3, 0.4) is 0 Å². The number of nitrogens with one attached hydrogen (secondary N) is 1. The standard InChI is InChI=1S/C24H31N3O5S/c1-31-23-10-9-21(33(29,30)27-13-15-32-16-14-27)17-22(23)24(28)25-18-19-5-7-20(8-6-19)26-11-3-2-4-12-26/h5-10,17H,2-4,11-16,18H2,1H3,(H,25,28). The summed E-state index contributed by atoms with van der Waals surface area (Å²) in [5.74, 6) is -0.0557. The Labute approximate surface area is 195 Å². The number of rotatable bonds is 7. The molecule has 1 N–H and O–H groups in total. The van der Waals surface area contributed by atoms with Crippen LogP contribution in [0.1, 0.15) is 35.2 Å². The first-order valence-electron chi connectivity index (χ1n) is 11.4. The summed E-state index contributed by atoms with van der Waals surface area (Å²) in [5.41, 5.74) is 2.37. The van der Waals surface area contributed by atoms with E-state index in [1.54, 1.807) is 0 Å². The minimum Gasteiger partial charge on any atom is -0.496 e. The Morgan fingerprint density at radius 1 is 1.00 bits per heavy atom. The number of carbonyl (C=O) groups is 1. The molecule has 2 aromatic rings. The second kappa shape index (κ2) is 10.5. The maximum Gasteiger partial charge on any atom is 0.255 e. The van der Waals surface area contributed by atoms with Gasteiger partial charge < -0.3 is 19.7 Å². The van der Waals surface area contributed by atoms with Gasteiger partial charge in [-0.15, -0.1) is 0 Å². The van der Waals surface area contributed by atoms with E-state index in [9.17, 15) is 13.2 Å². The molecule has 178 valence electrons. The molecule has 33 heavy (non-hydrogen) atoms. The summed E-state index contributed by atoms with van der Waals surface area (Å²) in [6.45, 7) is 3.81. The number of benzene rings is 2. The fourth-order valence-corrected chi connectivity index (χ4v) is 5.65. The van der Waals surface area contributed by atoms with Gasteiger partial charge in [0, 0.05) is 38.4 Å². The molecular formula is C24H31N3O5S. The topological polar surface area (TPSA) is 88.2 Å². The van der Waals surface area contributed by atoms with Crippen molar-refractivity contribution in [2.45, 2.75) is 30.7 Å². The zero-order valence-corrected chi connectivity index (χ0v) is 19.8. The molecule has 0 spiro atoms. The van der Waals surface area contributed by atoms with E-state index in [4.69, 9.17) is 9.47 Å². The molecular weight excluding hydrogens is 442 g/mol. The van der Waals surface area contributed by atoms with Gasteiger partial charge in [0.05, 0.1) is 30.8 Å². The number of hydrogen-bond acceptors (Lipinski definition) is 6. The Hall–Kier alpha value is -2.62. The highest BCUT2D eigenvalue weighted by Gasteiger charge is 2.28. The minimum absolute atomic E-state index is 0.0706. The molecule has 9 heteroatoms. The maximum absolute atomic E-state index is 13.0. The van der Waals surface area contributed by atoms with Crippen LogP contribution < -0.4 is 15.0 Å². The number of carbonyl (C=O) groups excluding carboxylic acids is 1. The van der Waals surface area contributed by atoms with Crippen molar-refractivity contribution in [3.05, 3.63) is 53.6 Å². The van der Waals surface area contributed by atoms with Gasteiger partial charge in [0.25, 0.3) is 5.91 Å². The molecule has 1 amide bonds. The summed E-state index contributed by atoms with van der Waals surface area (Å²) < 4.78 is 37.9. The highest BCUT2D eigenvalue weighted by Crippen LogP contribution is 2.25. The number of methoxy groups -OCH3 is 1. The van der Waals surface area contributed by atoms with Crippen LogP contribution in [0.15, 0.2) is 47.4 Å². The predicted molar refractivity (Wildman–Crippen MR) is 126 cm³/mol. The van der Waals surface area contributed by atoms with Gasteiger partial charge in [-0.05, 0) is 55.2 Å². The third kappa shape index (κ3) is 5.48. The van der Waals surface area contributed by atoms with Crippen LogP contribution in [-0.4, -0.2) is 65.1 Å². The lowest BCUT2D eigenvalue weighted by Crippen LogP contribution is -2.40. The smallest absolute Gasteiger partial charge is 0.255 e. The van der Waals surface area contributed by atoms with Crippen molar-refractivity contribution < 1.29 is 22.7 Å². The summed E-state index contributed by atoms with van der Waals surface area (Å²) in [6.07, 6.45) is 3.74. The van der Waals surface area contributed by atoms with Crippen LogP contribution in [0.4, 0.5) is 5.69 Å². The fraction of sp³-hybridized carbons (Fsp3) is 0.458. The van der Waals surface area contributed by atoms with Gasteiger partial charge >= 0.3 is 0 Å². The van der Waals surface area contributed by atoms with Crippen LogP contribution in [0.5, 0.6) is 5.75 Å². The molecule has 0 unspecified atom stereocenters. The lowest BCUT2D eigenvalue weighted by atomic mass is 10.1. The van der Waals surface area contributed by atoms with Crippen molar-refractivity contribution in [3.8, 4) is 5.75 Å². The number of morpholine rings is 1. The molecule has 8 nitrogen and oxygen atoms in total. The number of nitrogens with zero attached hydrogens (tertiary/aromatic N) is 2. The zero-order valence-electron chi connectivity index (χ0n) is 19.0. The molecule has 0 bridgehead atoms. The molecule has 0 atom stereocenters. The van der Waals surface area contributed by atoms with E-state index >= 15 is 0 Å². The Balaban J connectivity index is 1.45. The van der Waals surface area contributed by atoms with Crippen LogP contribution in [-0.2, 0) is 21.3 Å². The van der Waals surface area contributed by atoms with Gasteiger partial charge in [-0.2, -0.15) is 4.31 Å². The summed E-state index contributed by atoms with van der Waals surface area (Å²) >= 11 is 0. The normalized spacial score (nSPS) is 17.5. The molecule has 0 saturated carbocycles. The average molecular weight is 474 g/mol. The first-order chi connectivity index (χ1) is 16.0. The Kier molecular flexibility index (Phi) is 7.52. The molecule has 2 aromatic carbocycles. The number of piperidine rings is 1. The molecule has 4 rings (SSSR count). The van der Waals surface area contributed by atoms with Crippen LogP contribution >= 0.6 is 0 Å². The summed E-state index contributed by atoms with van der Waals surface area (Å²) in [7, 11) is -2.25. The maximum atomic E-state index is 13.0. The second-order valence-corrected chi connectivity index (χ2v) is 10.2. The lowest BCUT2D eigenvalue weighted by molar-refractivity contribution is 0.0730. The van der Waals surface area contributed by atoms with Crippen molar-refractivity contribution >= 4 is 21.6 Å². The molecule has 2 saturated heterocycles. The molecule has 0 aromatic heterocycles. The van der Waals surface area contributed by atoms with Gasteiger partial charge in [0.2, 0.25) is 10.0 Å². The van der Waals surface area contributed by atoms with Crippen molar-refractivity contribution in [3.63, 3.8) is 0 Å². The lowest BCUT2D eigenvalue weighted by Gasteiger charge is -2.28. The van der Waals surface area contributed by atoms with Crippen molar-refractivity contribution in [2.75, 3.05) is 51.4 Å². The van der Waals surface area contributed by atoms with E-state index in [1.807, 2.05) is 12.1 Å². The van der Waals surface area contributed by atoms with Crippen LogP contribution in [0.25, 0.3) is 0 Å². The van der Waals surface area contributed by atoms with Gasteiger partial charge in [0.1, 0.15) is 5.75 Å². The average Bonchev–Trinajstić information content (AvgIpc) is 2.88. The quantitative estimate of drug-likeness (QED) is 0.665. The predicted octanol–water partition coefficient (Wildman–Crippen LogP) is 2.64. The van der Waals surface area contributed by atoms with Gasteiger partial charge in [-0.3, -0.25) is 4.79 Å². The van der Waals surface area contributed by atoms with Gasteiger partial charge in [-0.1, -0.05) is 12.1 Å². The van der Waals surface area contributed by atoms with Gasteiger partial charge in [-0.25, -0.2) is 8.42 Å². The van der Waals surface area contributed by atoms with E-state index in [0.29, 0.717) is 38.6 Å². The Bertz CT molecular complexity index is 1060. The highest BCUT2D eigenvalue weighted by atomic mass is 32.2. The van der Waals surface area contributed by atoms with E-state index < -0.39 is 10.0 Å². The minimum atomic E-state index is -3.71. The van der Waals surface area contributed by atoms with Gasteiger partial charge in [0.15, 0.2) is 0 Å². The van der Waals surface area contributed by atoms with Crippen molar-refractivity contribution in [1.82, 2.24) is 9.62 Å². The van der Waals surface area contributed by atoms with E-state index in [1.165, 1.54) is 54.6 Å². The molecule has 0 radical (unpaired) electrons. The number of ether oxygens (including phenoxy) is 2. The molecule has 2 aliphatic heterocycles. The van der Waals surface area contributed by atoms with Crippen molar-refractivity contribution in [1.29, 1.82) is 0 Å². The summed E-state index contributed by atoms with van der Waals surface area (Å²) in [6, 6.07) is 12.6. The number of sulfonamides is 1. The number of hydrogen-bond donors (Lipinski definition) is 1. The third-order valence-corrected chi connectivity index (χ3v) is 8.03. The van der Waals surface area contributed by atoms with Crippen LogP contribution in [0.2, 0.25) is 0 Å². The summed E-state index contributed by atoms with van der Waals surface area (Å²) in [4.78, 5) is 15.4. The number of amides is 1. The SMILES string of the molecule is COc1ccc(S(=O)(=O)N2CCOCC2)cc1C(=O)NCc1ccc(N2CCCCC2)cc1. The second-order valence-electron chi connectivity index (χ2n) is 8.28. The largest absolute Gasteiger partial charge is 0.496 e. The molecule has 2 aliphatic rings. The first kappa shape index (κ1) is 23.5. The van der Waals surface area contributed by atoms with E-state index in [2.05, 4.69) is 22.3 Å². The third-order valence-electron chi connectivity index (χ3n) is 6.13. The molecule has 2 fully saturated rings.